The summed E-state index contributed by atoms with van der Waals surface area (Å²) >= 11 is 0. The molecule has 17 heavy (non-hydrogen) atoms. The van der Waals surface area contributed by atoms with Crippen LogP contribution < -0.4 is 5.32 Å². The van der Waals surface area contributed by atoms with Gasteiger partial charge in [-0.25, -0.2) is 0 Å². The molecular formula is C14H29NO2. The minimum Gasteiger partial charge on any atom is -0.480 e. The van der Waals surface area contributed by atoms with Crippen LogP contribution in [0.3, 0.4) is 0 Å². The second-order valence-electron chi connectivity index (χ2n) is 5.05. The van der Waals surface area contributed by atoms with Crippen LogP contribution in [0.15, 0.2) is 0 Å². The van der Waals surface area contributed by atoms with Crippen molar-refractivity contribution >= 4 is 5.97 Å². The number of nitrogens with one attached hydrogen (secondary N) is 1. The van der Waals surface area contributed by atoms with E-state index in [1.54, 1.807) is 0 Å². The van der Waals surface area contributed by atoms with E-state index in [0.29, 0.717) is 12.0 Å². The van der Waals surface area contributed by atoms with Gasteiger partial charge in [-0.15, -0.1) is 0 Å². The second-order valence-corrected chi connectivity index (χ2v) is 5.05. The van der Waals surface area contributed by atoms with Gasteiger partial charge >= 0.3 is 5.97 Å². The maximum absolute atomic E-state index is 11.1. The summed E-state index contributed by atoms with van der Waals surface area (Å²) in [5.41, 5.74) is 0. The Morgan fingerprint density at radius 2 is 1.88 bits per heavy atom. The standard InChI is InChI=1S/C14H29NO2/c1-5-8-9-13(14(16)17)15-12(7-3)10-11(4)6-2/h11-13,15H,5-10H2,1-4H3,(H,16,17). The molecule has 3 atom stereocenters. The summed E-state index contributed by atoms with van der Waals surface area (Å²) < 4.78 is 0. The lowest BCUT2D eigenvalue weighted by molar-refractivity contribution is -0.140. The molecule has 0 heterocycles. The van der Waals surface area contributed by atoms with Crippen LogP contribution in [0.1, 0.15) is 66.2 Å². The topological polar surface area (TPSA) is 49.3 Å². The number of carbonyl (C=O) groups is 1. The monoisotopic (exact) mass is 243 g/mol. The molecule has 102 valence electrons. The molecule has 0 fully saturated rings. The fourth-order valence-corrected chi connectivity index (χ4v) is 1.98. The Morgan fingerprint density at radius 1 is 1.24 bits per heavy atom. The highest BCUT2D eigenvalue weighted by Crippen LogP contribution is 2.13. The minimum atomic E-state index is -0.707. The zero-order chi connectivity index (χ0) is 13.3. The highest BCUT2D eigenvalue weighted by molar-refractivity contribution is 5.73. The van der Waals surface area contributed by atoms with Gasteiger partial charge in [-0.1, -0.05) is 47.0 Å². The number of hydrogen-bond acceptors (Lipinski definition) is 2. The van der Waals surface area contributed by atoms with Crippen molar-refractivity contribution in [3.63, 3.8) is 0 Å². The van der Waals surface area contributed by atoms with Crippen LogP contribution in [0.4, 0.5) is 0 Å². The third kappa shape index (κ3) is 7.37. The first-order valence-electron chi connectivity index (χ1n) is 7.03. The molecule has 0 aromatic rings. The zero-order valence-electron chi connectivity index (χ0n) is 11.8. The van der Waals surface area contributed by atoms with E-state index in [2.05, 4.69) is 33.0 Å². The molecule has 3 heteroatoms. The van der Waals surface area contributed by atoms with Gasteiger partial charge in [-0.05, 0) is 25.2 Å². The van der Waals surface area contributed by atoms with Crippen molar-refractivity contribution < 1.29 is 9.90 Å². The molecule has 2 N–H and O–H groups in total. The molecule has 0 saturated carbocycles. The molecule has 0 aliphatic heterocycles. The number of carboxylic acid groups (broad SMARTS) is 1. The summed E-state index contributed by atoms with van der Waals surface area (Å²) in [5, 5.41) is 12.5. The normalized spacial score (nSPS) is 16.5. The van der Waals surface area contributed by atoms with Gasteiger partial charge in [0, 0.05) is 6.04 Å². The van der Waals surface area contributed by atoms with Gasteiger partial charge in [0.1, 0.15) is 6.04 Å². The van der Waals surface area contributed by atoms with Gasteiger partial charge in [0.15, 0.2) is 0 Å². The lowest BCUT2D eigenvalue weighted by Gasteiger charge is -2.24. The van der Waals surface area contributed by atoms with Gasteiger partial charge in [0.2, 0.25) is 0 Å². The minimum absolute atomic E-state index is 0.336. The van der Waals surface area contributed by atoms with E-state index in [0.717, 1.165) is 38.5 Å². The van der Waals surface area contributed by atoms with E-state index in [4.69, 9.17) is 0 Å². The summed E-state index contributed by atoms with van der Waals surface area (Å²) in [4.78, 5) is 11.1. The fraction of sp³-hybridized carbons (Fsp3) is 0.929. The predicted octanol–water partition coefficient (Wildman–Crippen LogP) is 3.43. The van der Waals surface area contributed by atoms with Crippen molar-refractivity contribution in [3.05, 3.63) is 0 Å². The smallest absolute Gasteiger partial charge is 0.320 e. The van der Waals surface area contributed by atoms with E-state index in [-0.39, 0.29) is 6.04 Å². The SMILES string of the molecule is CCCCC(NC(CC)CC(C)CC)C(=O)O. The van der Waals surface area contributed by atoms with Crippen LogP contribution in [0.2, 0.25) is 0 Å². The third-order valence-corrected chi connectivity index (χ3v) is 3.46. The molecule has 0 aliphatic rings. The molecule has 0 radical (unpaired) electrons. The molecule has 0 amide bonds. The predicted molar refractivity (Wildman–Crippen MR) is 72.2 cm³/mol. The lowest BCUT2D eigenvalue weighted by Crippen LogP contribution is -2.43. The van der Waals surface area contributed by atoms with Crippen LogP contribution in [-0.4, -0.2) is 23.2 Å². The van der Waals surface area contributed by atoms with Crippen molar-refractivity contribution in [1.82, 2.24) is 5.32 Å². The van der Waals surface area contributed by atoms with E-state index in [1.807, 2.05) is 0 Å². The van der Waals surface area contributed by atoms with E-state index in [1.165, 1.54) is 0 Å². The number of unbranched alkanes of at least 4 members (excludes halogenated alkanes) is 1. The van der Waals surface area contributed by atoms with Crippen LogP contribution in [0.5, 0.6) is 0 Å². The zero-order valence-corrected chi connectivity index (χ0v) is 11.8. The first-order chi connectivity index (χ1) is 8.04. The fourth-order valence-electron chi connectivity index (χ4n) is 1.98. The average Bonchev–Trinajstić information content (AvgIpc) is 2.32. The number of hydrogen-bond donors (Lipinski definition) is 2. The second kappa shape index (κ2) is 9.46. The van der Waals surface area contributed by atoms with Crippen LogP contribution in [0, 0.1) is 5.92 Å². The van der Waals surface area contributed by atoms with Crippen LogP contribution in [-0.2, 0) is 4.79 Å². The highest BCUT2D eigenvalue weighted by atomic mass is 16.4. The summed E-state index contributed by atoms with van der Waals surface area (Å²) in [6, 6.07) is -0.0353. The molecule has 0 aromatic heterocycles. The molecule has 0 saturated heterocycles. The van der Waals surface area contributed by atoms with Crippen LogP contribution in [0.25, 0.3) is 0 Å². The lowest BCUT2D eigenvalue weighted by atomic mass is 9.96. The Hall–Kier alpha value is -0.570. The van der Waals surface area contributed by atoms with Crippen molar-refractivity contribution in [3.8, 4) is 0 Å². The van der Waals surface area contributed by atoms with Crippen molar-refractivity contribution in [1.29, 1.82) is 0 Å². The molecule has 0 aromatic carbocycles. The summed E-state index contributed by atoms with van der Waals surface area (Å²) in [7, 11) is 0. The quantitative estimate of drug-likeness (QED) is 0.618. The number of aliphatic carboxylic acids is 1. The molecule has 0 aliphatic carbocycles. The van der Waals surface area contributed by atoms with Gasteiger partial charge in [0.25, 0.3) is 0 Å². The summed E-state index contributed by atoms with van der Waals surface area (Å²) in [5.74, 6) is -0.0471. The molecule has 0 bridgehead atoms. The average molecular weight is 243 g/mol. The third-order valence-electron chi connectivity index (χ3n) is 3.46. The Morgan fingerprint density at radius 3 is 2.29 bits per heavy atom. The van der Waals surface area contributed by atoms with Crippen molar-refractivity contribution in [2.75, 3.05) is 0 Å². The molecule has 0 spiro atoms. The van der Waals surface area contributed by atoms with E-state index >= 15 is 0 Å². The number of carboxylic acids is 1. The Labute approximate surface area is 106 Å². The van der Waals surface area contributed by atoms with Gasteiger partial charge in [-0.3, -0.25) is 4.79 Å². The van der Waals surface area contributed by atoms with Crippen molar-refractivity contribution in [2.45, 2.75) is 78.3 Å². The van der Waals surface area contributed by atoms with E-state index < -0.39 is 5.97 Å². The summed E-state index contributed by atoms with van der Waals surface area (Å²) in [6.45, 7) is 8.63. The van der Waals surface area contributed by atoms with E-state index in [9.17, 15) is 9.90 Å². The van der Waals surface area contributed by atoms with Gasteiger partial charge in [0.05, 0.1) is 0 Å². The first-order valence-corrected chi connectivity index (χ1v) is 7.03. The Bertz CT molecular complexity index is 206. The van der Waals surface area contributed by atoms with Gasteiger partial charge in [-0.2, -0.15) is 0 Å². The Kier molecular flexibility index (Phi) is 9.14. The van der Waals surface area contributed by atoms with Crippen LogP contribution >= 0.6 is 0 Å². The molecule has 3 unspecified atom stereocenters. The molecule has 0 rings (SSSR count). The number of rotatable bonds is 10. The molecule has 3 nitrogen and oxygen atoms in total. The first kappa shape index (κ1) is 16.4. The maximum Gasteiger partial charge on any atom is 0.320 e. The maximum atomic E-state index is 11.1. The largest absolute Gasteiger partial charge is 0.480 e. The summed E-state index contributed by atoms with van der Waals surface area (Å²) in [6.07, 6.45) is 5.99. The van der Waals surface area contributed by atoms with Gasteiger partial charge < -0.3 is 10.4 Å². The Balaban J connectivity index is 4.22. The highest BCUT2D eigenvalue weighted by Gasteiger charge is 2.20. The molecular weight excluding hydrogens is 214 g/mol. The van der Waals surface area contributed by atoms with Crippen molar-refractivity contribution in [2.24, 2.45) is 5.92 Å².